The zero-order valence-corrected chi connectivity index (χ0v) is 20.3. The van der Waals surface area contributed by atoms with Gasteiger partial charge in [0.05, 0.1) is 14.2 Å². The summed E-state index contributed by atoms with van der Waals surface area (Å²) in [6, 6.07) is 8.97. The minimum absolute atomic E-state index is 0.173. The van der Waals surface area contributed by atoms with Crippen LogP contribution in [-0.2, 0) is 23.9 Å². The largest absolute Gasteiger partial charge is 0.493 e. The van der Waals surface area contributed by atoms with Crippen LogP contribution in [0.5, 0.6) is 17.2 Å². The van der Waals surface area contributed by atoms with Crippen molar-refractivity contribution in [1.82, 2.24) is 0 Å². The highest BCUT2D eigenvalue weighted by Crippen LogP contribution is 2.28. The van der Waals surface area contributed by atoms with E-state index < -0.39 is 43.2 Å². The molecule has 0 amide bonds. The van der Waals surface area contributed by atoms with Crippen molar-refractivity contribution < 1.29 is 53.1 Å². The van der Waals surface area contributed by atoms with Gasteiger partial charge < -0.3 is 33.9 Å². The van der Waals surface area contributed by atoms with Gasteiger partial charge in [-0.1, -0.05) is 12.1 Å². The van der Waals surface area contributed by atoms with Gasteiger partial charge in [-0.15, -0.1) is 0 Å². The molecule has 37 heavy (non-hydrogen) atoms. The summed E-state index contributed by atoms with van der Waals surface area (Å²) in [5, 5.41) is 19.1. The Morgan fingerprint density at radius 1 is 0.811 bits per heavy atom. The third-order valence-electron chi connectivity index (χ3n) is 4.56. The van der Waals surface area contributed by atoms with E-state index in [0.717, 1.165) is 13.0 Å². The molecule has 11 heteroatoms. The minimum atomic E-state index is -1.28. The minimum Gasteiger partial charge on any atom is -0.493 e. The van der Waals surface area contributed by atoms with Crippen LogP contribution in [0.1, 0.15) is 28.4 Å². The van der Waals surface area contributed by atoms with Crippen LogP contribution in [0.15, 0.2) is 48.6 Å². The molecule has 2 N–H and O–H groups in total. The predicted molar refractivity (Wildman–Crippen MR) is 130 cm³/mol. The fourth-order valence-corrected chi connectivity index (χ4v) is 2.84. The molecule has 0 saturated heterocycles. The molecule has 0 saturated carbocycles. The van der Waals surface area contributed by atoms with E-state index in [1.165, 1.54) is 50.6 Å². The van der Waals surface area contributed by atoms with Gasteiger partial charge in [-0.2, -0.15) is 0 Å². The number of aliphatic hydroxyl groups excluding tert-OH is 1. The lowest BCUT2D eigenvalue weighted by Gasteiger charge is -2.10. The quantitative estimate of drug-likeness (QED) is 0.244. The molecule has 0 aliphatic carbocycles. The molecule has 0 heterocycles. The third-order valence-corrected chi connectivity index (χ3v) is 4.56. The summed E-state index contributed by atoms with van der Waals surface area (Å²) in [5.74, 6) is -2.65. The molecule has 0 bridgehead atoms. The normalized spacial score (nSPS) is 11.7. The van der Waals surface area contributed by atoms with E-state index in [9.17, 15) is 24.3 Å². The number of carbonyl (C=O) groups is 4. The van der Waals surface area contributed by atoms with E-state index in [-0.39, 0.29) is 11.3 Å². The molecular weight excluding hydrogens is 488 g/mol. The number of carbonyl (C=O) groups excluding carboxylic acids is 3. The maximum absolute atomic E-state index is 11.9. The van der Waals surface area contributed by atoms with Crippen LogP contribution in [0.2, 0.25) is 0 Å². The topological polar surface area (TPSA) is 155 Å². The second kappa shape index (κ2) is 14.0. The summed E-state index contributed by atoms with van der Waals surface area (Å²) >= 11 is 0. The van der Waals surface area contributed by atoms with Crippen LogP contribution in [0.4, 0.5) is 0 Å². The standard InChI is InChI=1S/C26H26O11/c1-16(27)37-22-12-17(4-8-20(22)26(31)32)6-10-24(29)35-14-19(28)15-36-25(30)11-7-18-5-9-21(33-2)23(13-18)34-3/h4-13,19,28H,14-15H2,1-3H3,(H,31,32)/b10-6?,11-7+. The highest BCUT2D eigenvalue weighted by Gasteiger charge is 2.14. The number of rotatable bonds is 12. The van der Waals surface area contributed by atoms with Gasteiger partial charge in [0.25, 0.3) is 0 Å². The average molecular weight is 514 g/mol. The summed E-state index contributed by atoms with van der Waals surface area (Å²) in [6.07, 6.45) is 3.76. The first kappa shape index (κ1) is 28.6. The lowest BCUT2D eigenvalue weighted by atomic mass is 10.1. The van der Waals surface area contributed by atoms with Crippen molar-refractivity contribution in [2.45, 2.75) is 13.0 Å². The molecular formula is C26H26O11. The van der Waals surface area contributed by atoms with E-state index in [1.54, 1.807) is 18.2 Å². The lowest BCUT2D eigenvalue weighted by Crippen LogP contribution is -2.24. The predicted octanol–water partition coefficient (Wildman–Crippen LogP) is 2.50. The van der Waals surface area contributed by atoms with Gasteiger partial charge in [0.2, 0.25) is 0 Å². The summed E-state index contributed by atoms with van der Waals surface area (Å²) in [6.45, 7) is 0.281. The second-order valence-corrected chi connectivity index (χ2v) is 7.35. The van der Waals surface area contributed by atoms with Crippen LogP contribution in [0.3, 0.4) is 0 Å². The van der Waals surface area contributed by atoms with E-state index in [2.05, 4.69) is 0 Å². The first-order chi connectivity index (χ1) is 17.6. The number of aromatic carboxylic acids is 1. The van der Waals surface area contributed by atoms with E-state index in [0.29, 0.717) is 22.6 Å². The van der Waals surface area contributed by atoms with Crippen LogP contribution >= 0.6 is 0 Å². The van der Waals surface area contributed by atoms with Gasteiger partial charge in [-0.25, -0.2) is 14.4 Å². The number of hydrogen-bond donors (Lipinski definition) is 2. The highest BCUT2D eigenvalue weighted by molar-refractivity contribution is 5.93. The molecule has 0 aliphatic rings. The Hall–Kier alpha value is -4.64. The third kappa shape index (κ3) is 9.49. The molecule has 0 spiro atoms. The van der Waals surface area contributed by atoms with Crippen molar-refractivity contribution in [2.24, 2.45) is 0 Å². The van der Waals surface area contributed by atoms with Gasteiger partial charge >= 0.3 is 23.9 Å². The van der Waals surface area contributed by atoms with E-state index in [4.69, 9.17) is 28.8 Å². The van der Waals surface area contributed by atoms with Crippen LogP contribution in [0.25, 0.3) is 12.2 Å². The van der Waals surface area contributed by atoms with Crippen molar-refractivity contribution >= 4 is 36.0 Å². The van der Waals surface area contributed by atoms with Gasteiger partial charge in [-0.05, 0) is 47.5 Å². The zero-order valence-electron chi connectivity index (χ0n) is 20.3. The smallest absolute Gasteiger partial charge is 0.339 e. The summed E-state index contributed by atoms with van der Waals surface area (Å²) in [7, 11) is 3.00. The molecule has 2 rings (SSSR count). The molecule has 2 aromatic carbocycles. The van der Waals surface area contributed by atoms with Gasteiger partial charge in [0.15, 0.2) is 11.5 Å². The summed E-state index contributed by atoms with van der Waals surface area (Å²) < 4.78 is 25.1. The van der Waals surface area contributed by atoms with Crippen LogP contribution in [0, 0.1) is 0 Å². The van der Waals surface area contributed by atoms with Crippen molar-refractivity contribution in [1.29, 1.82) is 0 Å². The molecule has 0 radical (unpaired) electrons. The lowest BCUT2D eigenvalue weighted by molar-refractivity contribution is -0.146. The second-order valence-electron chi connectivity index (χ2n) is 7.35. The number of carboxylic acid groups (broad SMARTS) is 1. The van der Waals surface area contributed by atoms with Crippen molar-refractivity contribution in [3.63, 3.8) is 0 Å². The van der Waals surface area contributed by atoms with Crippen molar-refractivity contribution in [2.75, 3.05) is 27.4 Å². The molecule has 2 aromatic rings. The molecule has 0 aromatic heterocycles. The fraction of sp³-hybridized carbons (Fsp3) is 0.231. The number of carboxylic acids is 1. The molecule has 11 nitrogen and oxygen atoms in total. The SMILES string of the molecule is COc1ccc(/C=C/C(=O)OCC(O)COC(=O)C=Cc2ccc(C(=O)O)c(OC(C)=O)c2)cc1OC. The van der Waals surface area contributed by atoms with E-state index in [1.807, 2.05) is 0 Å². The average Bonchev–Trinajstić information content (AvgIpc) is 2.87. The molecule has 0 fully saturated rings. The Morgan fingerprint density at radius 3 is 1.81 bits per heavy atom. The maximum atomic E-state index is 11.9. The Morgan fingerprint density at radius 2 is 1.32 bits per heavy atom. The number of aliphatic hydroxyl groups is 1. The number of esters is 3. The molecule has 196 valence electrons. The summed E-state index contributed by atoms with van der Waals surface area (Å²) in [5.41, 5.74) is 0.813. The number of hydrogen-bond acceptors (Lipinski definition) is 10. The number of ether oxygens (including phenoxy) is 5. The Bertz CT molecular complexity index is 1200. The number of benzene rings is 2. The maximum Gasteiger partial charge on any atom is 0.339 e. The van der Waals surface area contributed by atoms with Gasteiger partial charge in [0.1, 0.15) is 30.6 Å². The van der Waals surface area contributed by atoms with Crippen LogP contribution in [-0.4, -0.2) is 67.6 Å². The summed E-state index contributed by atoms with van der Waals surface area (Å²) in [4.78, 5) is 46.2. The molecule has 1 unspecified atom stereocenters. The van der Waals surface area contributed by atoms with Gasteiger partial charge in [0, 0.05) is 19.1 Å². The molecule has 0 aliphatic heterocycles. The fourth-order valence-electron chi connectivity index (χ4n) is 2.84. The first-order valence-corrected chi connectivity index (χ1v) is 10.8. The Balaban J connectivity index is 1.82. The zero-order chi connectivity index (χ0) is 27.4. The van der Waals surface area contributed by atoms with Gasteiger partial charge in [-0.3, -0.25) is 4.79 Å². The van der Waals surface area contributed by atoms with E-state index >= 15 is 0 Å². The number of methoxy groups -OCH3 is 2. The monoisotopic (exact) mass is 514 g/mol. The van der Waals surface area contributed by atoms with Crippen LogP contribution < -0.4 is 14.2 Å². The van der Waals surface area contributed by atoms with Crippen molar-refractivity contribution in [3.05, 3.63) is 65.2 Å². The highest BCUT2D eigenvalue weighted by atomic mass is 16.6. The molecule has 1 atom stereocenters. The van der Waals surface area contributed by atoms with Crippen molar-refractivity contribution in [3.8, 4) is 17.2 Å². The Kier molecular flexibility index (Phi) is 10.9. The Labute approximate surface area is 212 Å². The first-order valence-electron chi connectivity index (χ1n) is 10.8.